The van der Waals surface area contributed by atoms with E-state index < -0.39 is 22.0 Å². The van der Waals surface area contributed by atoms with Crippen LogP contribution >= 0.6 is 0 Å². The third-order valence-corrected chi connectivity index (χ3v) is 6.61. The molecule has 0 saturated carbocycles. The van der Waals surface area contributed by atoms with Gasteiger partial charge in [-0.05, 0) is 32.2 Å². The number of nitrogens with one attached hydrogen (secondary N) is 6. The molecule has 3 atom stereocenters. The minimum absolute atomic E-state index is 0.0150. The van der Waals surface area contributed by atoms with Gasteiger partial charge in [-0.3, -0.25) is 30.4 Å². The summed E-state index contributed by atoms with van der Waals surface area (Å²) in [4.78, 5) is 29.0. The van der Waals surface area contributed by atoms with Gasteiger partial charge in [0.15, 0.2) is 0 Å². The lowest BCUT2D eigenvalue weighted by molar-refractivity contribution is -0.138. The summed E-state index contributed by atoms with van der Waals surface area (Å²) in [6.45, 7) is 4.29. The molecule has 0 aromatic carbocycles. The molecule has 0 radical (unpaired) electrons. The Hall–Kier alpha value is -1.35. The first kappa shape index (κ1) is 25.9. The van der Waals surface area contributed by atoms with Crippen LogP contribution in [-0.2, 0) is 24.4 Å². The molecule has 0 aromatic heterocycles. The number of carboxylic acid groups (broad SMARTS) is 1. The van der Waals surface area contributed by atoms with Crippen molar-refractivity contribution >= 4 is 21.9 Å². The zero-order chi connectivity index (χ0) is 22.7. The van der Waals surface area contributed by atoms with E-state index in [-0.39, 0.29) is 43.1 Å². The van der Waals surface area contributed by atoms with Crippen LogP contribution in [0.1, 0.15) is 45.4 Å². The van der Waals surface area contributed by atoms with Gasteiger partial charge in [-0.2, -0.15) is 10.2 Å². The van der Waals surface area contributed by atoms with Crippen molar-refractivity contribution in [3.05, 3.63) is 0 Å². The second-order valence-electron chi connectivity index (χ2n) is 7.92. The van der Waals surface area contributed by atoms with E-state index in [4.69, 9.17) is 4.84 Å². The highest BCUT2D eigenvalue weighted by Crippen LogP contribution is 2.17. The SMILES string of the molecule is CCCCS(=O)(=O)NC(CNC(=O)CC1CC(CCCNC2NCCN2)ON1)C(=O)O. The van der Waals surface area contributed by atoms with Gasteiger partial charge >= 0.3 is 5.97 Å². The van der Waals surface area contributed by atoms with Crippen molar-refractivity contribution in [1.82, 2.24) is 31.5 Å². The number of sulfonamides is 1. The number of hydrogen-bond donors (Lipinski definition) is 7. The van der Waals surface area contributed by atoms with Crippen molar-refractivity contribution in [2.75, 3.05) is 31.9 Å². The first-order chi connectivity index (χ1) is 14.8. The number of hydroxylamine groups is 1. The molecule has 0 bridgehead atoms. The topological polar surface area (TPSA) is 170 Å². The highest BCUT2D eigenvalue weighted by molar-refractivity contribution is 7.89. The predicted octanol–water partition coefficient (Wildman–Crippen LogP) is -1.83. The highest BCUT2D eigenvalue weighted by atomic mass is 32.2. The average molecular weight is 465 g/mol. The maximum Gasteiger partial charge on any atom is 0.323 e. The number of carbonyl (C=O) groups is 2. The fraction of sp³-hybridized carbons (Fsp3) is 0.889. The summed E-state index contributed by atoms with van der Waals surface area (Å²) in [5, 5.41) is 21.7. The molecule has 2 heterocycles. The molecule has 2 aliphatic rings. The first-order valence-electron chi connectivity index (χ1n) is 10.9. The number of aliphatic carboxylic acids is 1. The summed E-state index contributed by atoms with van der Waals surface area (Å²) >= 11 is 0. The normalized spacial score (nSPS) is 23.1. The van der Waals surface area contributed by atoms with Gasteiger partial charge < -0.3 is 10.4 Å². The summed E-state index contributed by atoms with van der Waals surface area (Å²) < 4.78 is 26.0. The fourth-order valence-electron chi connectivity index (χ4n) is 3.43. The maximum absolute atomic E-state index is 12.2. The molecule has 2 fully saturated rings. The second-order valence-corrected chi connectivity index (χ2v) is 9.79. The van der Waals surface area contributed by atoms with Gasteiger partial charge in [0, 0.05) is 32.1 Å². The fourth-order valence-corrected chi connectivity index (χ4v) is 4.84. The number of hydrogen-bond acceptors (Lipinski definition) is 9. The lowest BCUT2D eigenvalue weighted by Gasteiger charge is -2.16. The molecule has 12 nitrogen and oxygen atoms in total. The second kappa shape index (κ2) is 13.3. The van der Waals surface area contributed by atoms with E-state index in [1.165, 1.54) is 0 Å². The van der Waals surface area contributed by atoms with Gasteiger partial charge in [0.05, 0.1) is 11.9 Å². The van der Waals surface area contributed by atoms with Crippen LogP contribution in [0.25, 0.3) is 0 Å². The molecule has 2 rings (SSSR count). The minimum atomic E-state index is -3.71. The molecule has 0 spiro atoms. The molecule has 0 aliphatic carbocycles. The molecular weight excluding hydrogens is 428 g/mol. The van der Waals surface area contributed by atoms with Gasteiger partial charge in [0.25, 0.3) is 0 Å². The lowest BCUT2D eigenvalue weighted by atomic mass is 10.0. The van der Waals surface area contributed by atoms with Crippen LogP contribution in [-0.4, -0.2) is 81.8 Å². The van der Waals surface area contributed by atoms with E-state index in [9.17, 15) is 23.1 Å². The molecule has 0 aromatic rings. The van der Waals surface area contributed by atoms with Crippen molar-refractivity contribution in [2.45, 2.75) is 69.9 Å². The Morgan fingerprint density at radius 1 is 1.23 bits per heavy atom. The Bertz CT molecular complexity index is 672. The number of carboxylic acids is 1. The van der Waals surface area contributed by atoms with Gasteiger partial charge in [-0.15, -0.1) is 0 Å². The molecule has 2 saturated heterocycles. The van der Waals surface area contributed by atoms with Crippen LogP contribution in [0, 0.1) is 0 Å². The minimum Gasteiger partial charge on any atom is -0.480 e. The Kier molecular flexibility index (Phi) is 11.1. The van der Waals surface area contributed by atoms with E-state index in [0.717, 1.165) is 32.5 Å². The zero-order valence-corrected chi connectivity index (χ0v) is 18.8. The molecule has 7 N–H and O–H groups in total. The number of rotatable bonds is 15. The molecule has 13 heteroatoms. The van der Waals surface area contributed by atoms with Crippen LogP contribution < -0.4 is 31.5 Å². The van der Waals surface area contributed by atoms with E-state index in [1.807, 2.05) is 6.92 Å². The highest BCUT2D eigenvalue weighted by Gasteiger charge is 2.28. The molecular formula is C18H36N6O6S. The molecule has 31 heavy (non-hydrogen) atoms. The summed E-state index contributed by atoms with van der Waals surface area (Å²) in [5.41, 5.74) is 2.86. The van der Waals surface area contributed by atoms with Crippen LogP contribution in [0.4, 0.5) is 0 Å². The van der Waals surface area contributed by atoms with Crippen molar-refractivity contribution in [3.8, 4) is 0 Å². The summed E-state index contributed by atoms with van der Waals surface area (Å²) in [7, 11) is -3.71. The largest absolute Gasteiger partial charge is 0.480 e. The van der Waals surface area contributed by atoms with Gasteiger partial charge in [-0.1, -0.05) is 13.3 Å². The molecule has 1 amide bonds. The van der Waals surface area contributed by atoms with Crippen LogP contribution in [0.5, 0.6) is 0 Å². The van der Waals surface area contributed by atoms with E-state index >= 15 is 0 Å². The Morgan fingerprint density at radius 2 is 1.97 bits per heavy atom. The van der Waals surface area contributed by atoms with Crippen molar-refractivity contribution in [3.63, 3.8) is 0 Å². The molecule has 3 unspecified atom stereocenters. The first-order valence-corrected chi connectivity index (χ1v) is 12.5. The predicted molar refractivity (Wildman–Crippen MR) is 114 cm³/mol. The van der Waals surface area contributed by atoms with Gasteiger partial charge in [0.2, 0.25) is 15.9 Å². The summed E-state index contributed by atoms with van der Waals surface area (Å²) in [6, 6.07) is -1.57. The quantitative estimate of drug-likeness (QED) is 0.137. The Labute approximate surface area is 183 Å². The molecule has 2 aliphatic heterocycles. The van der Waals surface area contributed by atoms with Crippen LogP contribution in [0.2, 0.25) is 0 Å². The van der Waals surface area contributed by atoms with E-state index in [0.29, 0.717) is 19.3 Å². The van der Waals surface area contributed by atoms with Gasteiger partial charge in [-0.25, -0.2) is 8.42 Å². The van der Waals surface area contributed by atoms with E-state index in [2.05, 4.69) is 31.5 Å². The number of unbranched alkanes of at least 4 members (excludes halogenated alkanes) is 1. The Morgan fingerprint density at radius 3 is 2.65 bits per heavy atom. The monoisotopic (exact) mass is 464 g/mol. The maximum atomic E-state index is 12.2. The van der Waals surface area contributed by atoms with Crippen LogP contribution in [0.3, 0.4) is 0 Å². The number of amides is 1. The standard InChI is InChI=1S/C18H36N6O6S/c1-2-3-9-31(28,29)24-15(17(26)27)12-22-16(25)11-13-10-14(30-23-13)5-4-6-19-18-20-7-8-21-18/h13-15,18-21,23-24H,2-12H2,1H3,(H,22,25)(H,26,27). The van der Waals surface area contributed by atoms with Crippen molar-refractivity contribution in [2.24, 2.45) is 0 Å². The van der Waals surface area contributed by atoms with Gasteiger partial charge in [0.1, 0.15) is 12.3 Å². The van der Waals surface area contributed by atoms with Crippen molar-refractivity contribution < 1.29 is 28.0 Å². The smallest absolute Gasteiger partial charge is 0.323 e. The molecule has 180 valence electrons. The average Bonchev–Trinajstić information content (AvgIpc) is 3.39. The summed E-state index contributed by atoms with van der Waals surface area (Å²) in [6.07, 6.45) is 3.88. The lowest BCUT2D eigenvalue weighted by Crippen LogP contribution is -2.49. The van der Waals surface area contributed by atoms with Crippen molar-refractivity contribution in [1.29, 1.82) is 0 Å². The van der Waals surface area contributed by atoms with E-state index in [1.54, 1.807) is 0 Å². The van der Waals surface area contributed by atoms with Crippen LogP contribution in [0.15, 0.2) is 0 Å². The third-order valence-electron chi connectivity index (χ3n) is 5.14. The third kappa shape index (κ3) is 10.2. The number of carbonyl (C=O) groups excluding carboxylic acids is 1. The zero-order valence-electron chi connectivity index (χ0n) is 18.0. The summed E-state index contributed by atoms with van der Waals surface area (Å²) in [5.74, 6) is -1.84. The Balaban J connectivity index is 1.62.